The van der Waals surface area contributed by atoms with Crippen LogP contribution in [0, 0.1) is 0 Å². The molecule has 0 saturated heterocycles. The van der Waals surface area contributed by atoms with Gasteiger partial charge < -0.3 is 10.1 Å². The molecule has 1 N–H and O–H groups in total. The van der Waals surface area contributed by atoms with Gasteiger partial charge in [-0.15, -0.1) is 0 Å². The van der Waals surface area contributed by atoms with Crippen molar-refractivity contribution in [1.82, 2.24) is 29.8 Å². The van der Waals surface area contributed by atoms with Gasteiger partial charge in [-0.1, -0.05) is 0 Å². The second-order valence-corrected chi connectivity index (χ2v) is 6.83. The minimum Gasteiger partial charge on any atom is -0.381 e. The number of imidazole rings is 1. The van der Waals surface area contributed by atoms with E-state index in [4.69, 9.17) is 4.74 Å². The van der Waals surface area contributed by atoms with Crippen LogP contribution in [0.1, 0.15) is 36.2 Å². The molecule has 0 radical (unpaired) electrons. The maximum absolute atomic E-state index is 12.9. The number of nitrogens with one attached hydrogen (secondary N) is 1. The largest absolute Gasteiger partial charge is 0.381 e. The lowest BCUT2D eigenvalue weighted by molar-refractivity contribution is 0.0598. The van der Waals surface area contributed by atoms with E-state index in [-0.39, 0.29) is 11.9 Å². The third kappa shape index (κ3) is 4.07. The molecule has 0 aliphatic heterocycles. The lowest BCUT2D eigenvalue weighted by atomic mass is 9.93. The van der Waals surface area contributed by atoms with Gasteiger partial charge in [0.15, 0.2) is 0 Å². The standard InChI is InChI=1S/C20H22N6O2/c1-28-16-4-2-15(3-5-16)23-19(27)18-12-17(14-6-8-21-9-7-14)24-20(25-18)26-11-10-22-13-26/h6-13,15-16H,2-5H2,1H3,(H,23,27). The van der Waals surface area contributed by atoms with Gasteiger partial charge in [0, 0.05) is 43.5 Å². The van der Waals surface area contributed by atoms with Crippen molar-refractivity contribution in [3.8, 4) is 17.2 Å². The third-order valence-corrected chi connectivity index (χ3v) is 5.00. The minimum atomic E-state index is -0.195. The summed E-state index contributed by atoms with van der Waals surface area (Å²) < 4.78 is 7.09. The number of nitrogens with zero attached hydrogens (tertiary/aromatic N) is 5. The Morgan fingerprint density at radius 2 is 1.89 bits per heavy atom. The molecule has 0 atom stereocenters. The van der Waals surface area contributed by atoms with Gasteiger partial charge in [-0.3, -0.25) is 14.3 Å². The van der Waals surface area contributed by atoms with Crippen molar-refractivity contribution < 1.29 is 9.53 Å². The minimum absolute atomic E-state index is 0.134. The summed E-state index contributed by atoms with van der Waals surface area (Å²) in [4.78, 5) is 30.0. The molecule has 3 aromatic rings. The van der Waals surface area contributed by atoms with Crippen LogP contribution in [0.15, 0.2) is 49.3 Å². The summed E-state index contributed by atoms with van der Waals surface area (Å²) in [5.74, 6) is 0.208. The molecule has 8 heteroatoms. The number of carbonyl (C=O) groups excluding carboxylic acids is 1. The van der Waals surface area contributed by atoms with Crippen molar-refractivity contribution in [2.75, 3.05) is 7.11 Å². The van der Waals surface area contributed by atoms with Crippen molar-refractivity contribution in [2.45, 2.75) is 37.8 Å². The molecule has 3 heterocycles. The molecule has 1 amide bonds. The first-order chi connectivity index (χ1) is 13.7. The van der Waals surface area contributed by atoms with Gasteiger partial charge >= 0.3 is 0 Å². The van der Waals surface area contributed by atoms with E-state index >= 15 is 0 Å². The second-order valence-electron chi connectivity index (χ2n) is 6.83. The normalized spacial score (nSPS) is 19.3. The van der Waals surface area contributed by atoms with Gasteiger partial charge in [-0.2, -0.15) is 0 Å². The second kappa shape index (κ2) is 8.26. The van der Waals surface area contributed by atoms with E-state index in [9.17, 15) is 4.79 Å². The van der Waals surface area contributed by atoms with Crippen LogP contribution in [-0.4, -0.2) is 49.7 Å². The number of carbonyl (C=O) groups is 1. The fraction of sp³-hybridized carbons (Fsp3) is 0.350. The number of ether oxygens (including phenoxy) is 1. The molecule has 8 nitrogen and oxygen atoms in total. The number of aromatic nitrogens is 5. The van der Waals surface area contributed by atoms with Crippen LogP contribution in [0.2, 0.25) is 0 Å². The number of methoxy groups -OCH3 is 1. The molecule has 0 spiro atoms. The van der Waals surface area contributed by atoms with Crippen molar-refractivity contribution in [2.24, 2.45) is 0 Å². The molecule has 0 aromatic carbocycles. The fourth-order valence-corrected chi connectivity index (χ4v) is 3.42. The molecule has 4 rings (SSSR count). The summed E-state index contributed by atoms with van der Waals surface area (Å²) in [6, 6.07) is 5.56. The molecule has 1 aliphatic carbocycles. The Kier molecular flexibility index (Phi) is 5.38. The zero-order chi connectivity index (χ0) is 19.3. The van der Waals surface area contributed by atoms with Crippen molar-refractivity contribution in [1.29, 1.82) is 0 Å². The zero-order valence-electron chi connectivity index (χ0n) is 15.7. The highest BCUT2D eigenvalue weighted by atomic mass is 16.5. The Labute approximate surface area is 163 Å². The highest BCUT2D eigenvalue weighted by Crippen LogP contribution is 2.22. The van der Waals surface area contributed by atoms with Crippen molar-refractivity contribution >= 4 is 5.91 Å². The van der Waals surface area contributed by atoms with Crippen molar-refractivity contribution in [3.05, 3.63) is 55.0 Å². The van der Waals surface area contributed by atoms with E-state index in [2.05, 4.69) is 25.3 Å². The van der Waals surface area contributed by atoms with Gasteiger partial charge in [0.2, 0.25) is 5.95 Å². The highest BCUT2D eigenvalue weighted by molar-refractivity contribution is 5.93. The van der Waals surface area contributed by atoms with E-state index in [1.807, 2.05) is 12.1 Å². The Balaban J connectivity index is 1.60. The maximum atomic E-state index is 12.9. The predicted octanol–water partition coefficient (Wildman–Crippen LogP) is 2.41. The van der Waals surface area contributed by atoms with Crippen LogP contribution in [-0.2, 0) is 4.74 Å². The van der Waals surface area contributed by atoms with Crippen LogP contribution in [0.3, 0.4) is 0 Å². The zero-order valence-corrected chi connectivity index (χ0v) is 15.7. The molecule has 144 valence electrons. The monoisotopic (exact) mass is 378 g/mol. The predicted molar refractivity (Wildman–Crippen MR) is 103 cm³/mol. The molecule has 0 unspecified atom stereocenters. The van der Waals surface area contributed by atoms with Crippen LogP contribution in [0.4, 0.5) is 0 Å². The van der Waals surface area contributed by atoms with Gasteiger partial charge in [-0.25, -0.2) is 15.0 Å². The van der Waals surface area contributed by atoms with Crippen LogP contribution in [0.25, 0.3) is 17.2 Å². The van der Waals surface area contributed by atoms with Gasteiger partial charge in [0.25, 0.3) is 5.91 Å². The molecule has 1 aliphatic rings. The summed E-state index contributed by atoms with van der Waals surface area (Å²) in [7, 11) is 1.74. The molecular weight excluding hydrogens is 356 g/mol. The summed E-state index contributed by atoms with van der Waals surface area (Å²) in [5.41, 5.74) is 1.86. The summed E-state index contributed by atoms with van der Waals surface area (Å²) in [5, 5.41) is 3.11. The topological polar surface area (TPSA) is 94.8 Å². The average Bonchev–Trinajstić information content (AvgIpc) is 3.30. The quantitative estimate of drug-likeness (QED) is 0.733. The maximum Gasteiger partial charge on any atom is 0.270 e. The number of amides is 1. The van der Waals surface area contributed by atoms with E-state index in [0.29, 0.717) is 23.4 Å². The molecule has 3 aromatic heterocycles. The first-order valence-corrected chi connectivity index (χ1v) is 9.34. The van der Waals surface area contributed by atoms with E-state index in [0.717, 1.165) is 31.2 Å². The van der Waals surface area contributed by atoms with E-state index in [1.54, 1.807) is 48.9 Å². The molecule has 1 saturated carbocycles. The summed E-state index contributed by atoms with van der Waals surface area (Å²) in [6.45, 7) is 0. The van der Waals surface area contributed by atoms with E-state index < -0.39 is 0 Å². The first kappa shape index (κ1) is 18.2. The Morgan fingerprint density at radius 1 is 1.11 bits per heavy atom. The van der Waals surface area contributed by atoms with Gasteiger partial charge in [0.1, 0.15) is 12.0 Å². The van der Waals surface area contributed by atoms with Gasteiger partial charge in [0.05, 0.1) is 11.8 Å². The van der Waals surface area contributed by atoms with E-state index in [1.165, 1.54) is 0 Å². The Bertz CT molecular complexity index is 921. The van der Waals surface area contributed by atoms with Crippen LogP contribution in [0.5, 0.6) is 0 Å². The SMILES string of the molecule is COC1CCC(NC(=O)c2cc(-c3ccncc3)nc(-n3ccnc3)n2)CC1. The smallest absolute Gasteiger partial charge is 0.270 e. The molecule has 28 heavy (non-hydrogen) atoms. The lowest BCUT2D eigenvalue weighted by Crippen LogP contribution is -2.39. The number of rotatable bonds is 5. The van der Waals surface area contributed by atoms with Gasteiger partial charge in [-0.05, 0) is 43.9 Å². The fourth-order valence-electron chi connectivity index (χ4n) is 3.42. The van der Waals surface area contributed by atoms with Crippen LogP contribution >= 0.6 is 0 Å². The third-order valence-electron chi connectivity index (χ3n) is 5.00. The summed E-state index contributed by atoms with van der Waals surface area (Å²) >= 11 is 0. The van der Waals surface area contributed by atoms with Crippen molar-refractivity contribution in [3.63, 3.8) is 0 Å². The number of hydrogen-bond donors (Lipinski definition) is 1. The first-order valence-electron chi connectivity index (χ1n) is 9.34. The highest BCUT2D eigenvalue weighted by Gasteiger charge is 2.23. The number of pyridine rings is 1. The van der Waals surface area contributed by atoms with Crippen LogP contribution < -0.4 is 5.32 Å². The Morgan fingerprint density at radius 3 is 2.57 bits per heavy atom. The summed E-state index contributed by atoms with van der Waals surface area (Å²) in [6.07, 6.45) is 12.4. The molecule has 1 fully saturated rings. The lowest BCUT2D eigenvalue weighted by Gasteiger charge is -2.28. The molecular formula is C20H22N6O2. The molecule has 0 bridgehead atoms. The Hall–Kier alpha value is -3.13. The number of hydrogen-bond acceptors (Lipinski definition) is 6. The average molecular weight is 378 g/mol.